The molecule has 3 rings (SSSR count). The maximum Gasteiger partial charge on any atom is 0.0708 e. The molecule has 0 bridgehead atoms. The summed E-state index contributed by atoms with van der Waals surface area (Å²) in [6.07, 6.45) is 8.01. The number of hydrogen-bond donors (Lipinski definition) is 1. The lowest BCUT2D eigenvalue weighted by Gasteiger charge is -2.25. The van der Waals surface area contributed by atoms with Crippen LogP contribution in [-0.4, -0.2) is 24.1 Å². The second-order valence-corrected chi connectivity index (χ2v) is 6.50. The summed E-state index contributed by atoms with van der Waals surface area (Å²) >= 11 is 6.10. The zero-order valence-electron chi connectivity index (χ0n) is 12.0. The Hall–Kier alpha value is -0.570. The van der Waals surface area contributed by atoms with Crippen molar-refractivity contribution in [1.29, 1.82) is 0 Å². The molecule has 1 aliphatic heterocycles. The molecule has 2 fully saturated rings. The van der Waals surface area contributed by atoms with Crippen molar-refractivity contribution in [3.05, 3.63) is 35.9 Å². The van der Waals surface area contributed by atoms with Gasteiger partial charge in [-0.2, -0.15) is 0 Å². The van der Waals surface area contributed by atoms with Gasteiger partial charge < -0.3 is 10.1 Å². The molecule has 2 unspecified atom stereocenters. The molecule has 0 aromatic heterocycles. The van der Waals surface area contributed by atoms with E-state index in [4.69, 9.17) is 16.3 Å². The van der Waals surface area contributed by atoms with Crippen LogP contribution in [0.25, 0.3) is 0 Å². The van der Waals surface area contributed by atoms with Gasteiger partial charge in [-0.3, -0.25) is 0 Å². The Labute approximate surface area is 126 Å². The summed E-state index contributed by atoms with van der Waals surface area (Å²) < 4.78 is 6.34. The smallest absolute Gasteiger partial charge is 0.0708 e. The highest BCUT2D eigenvalue weighted by Crippen LogP contribution is 2.43. The molecule has 1 spiro atoms. The Morgan fingerprint density at radius 1 is 1.20 bits per heavy atom. The molecule has 1 saturated heterocycles. The first kappa shape index (κ1) is 14.4. The van der Waals surface area contributed by atoms with E-state index in [1.54, 1.807) is 0 Å². The predicted octanol–water partition coefficient (Wildman–Crippen LogP) is 4.05. The van der Waals surface area contributed by atoms with Gasteiger partial charge >= 0.3 is 0 Å². The number of halogens is 1. The molecule has 1 N–H and O–H groups in total. The molecule has 1 heterocycles. The minimum atomic E-state index is 0.224. The molecule has 2 nitrogen and oxygen atoms in total. The van der Waals surface area contributed by atoms with Crippen LogP contribution in [0.5, 0.6) is 0 Å². The first-order valence-corrected chi connectivity index (χ1v) is 8.37. The topological polar surface area (TPSA) is 21.3 Å². The number of rotatable bonds is 5. The lowest BCUT2D eigenvalue weighted by atomic mass is 9.98. The zero-order chi connectivity index (χ0) is 13.8. The SMILES string of the molecule is ClCC(NCC1CCC2(CCCC2)O1)c1ccccc1. The fourth-order valence-corrected chi connectivity index (χ4v) is 3.93. The Morgan fingerprint density at radius 3 is 2.65 bits per heavy atom. The van der Waals surface area contributed by atoms with E-state index < -0.39 is 0 Å². The van der Waals surface area contributed by atoms with Crippen molar-refractivity contribution in [2.75, 3.05) is 12.4 Å². The normalized spacial score (nSPS) is 26.1. The van der Waals surface area contributed by atoms with Gasteiger partial charge in [0.25, 0.3) is 0 Å². The second kappa shape index (κ2) is 6.46. The molecular formula is C17H24ClNO. The van der Waals surface area contributed by atoms with Crippen molar-refractivity contribution in [3.8, 4) is 0 Å². The maximum atomic E-state index is 6.34. The van der Waals surface area contributed by atoms with Crippen molar-refractivity contribution < 1.29 is 4.74 Å². The van der Waals surface area contributed by atoms with E-state index in [0.29, 0.717) is 12.0 Å². The Bertz CT molecular complexity index is 416. The highest BCUT2D eigenvalue weighted by Gasteiger charge is 2.41. The monoisotopic (exact) mass is 293 g/mol. The number of nitrogens with one attached hydrogen (secondary N) is 1. The number of ether oxygens (including phenoxy) is 1. The molecule has 2 aliphatic rings. The van der Waals surface area contributed by atoms with Crippen LogP contribution in [0.3, 0.4) is 0 Å². The third kappa shape index (κ3) is 3.19. The van der Waals surface area contributed by atoms with Gasteiger partial charge in [0, 0.05) is 18.5 Å². The molecule has 3 heteroatoms. The van der Waals surface area contributed by atoms with Crippen molar-refractivity contribution >= 4 is 11.6 Å². The number of alkyl halides is 1. The molecular weight excluding hydrogens is 270 g/mol. The van der Waals surface area contributed by atoms with E-state index in [1.165, 1.54) is 44.1 Å². The van der Waals surface area contributed by atoms with E-state index in [0.717, 1.165) is 6.54 Å². The minimum absolute atomic E-state index is 0.224. The van der Waals surface area contributed by atoms with Crippen LogP contribution in [0.1, 0.15) is 50.1 Å². The molecule has 1 saturated carbocycles. The van der Waals surface area contributed by atoms with E-state index in [9.17, 15) is 0 Å². The first-order valence-electron chi connectivity index (χ1n) is 7.83. The quantitative estimate of drug-likeness (QED) is 0.827. The average Bonchev–Trinajstić information content (AvgIpc) is 3.11. The molecule has 1 aliphatic carbocycles. The summed E-state index contributed by atoms with van der Waals surface area (Å²) in [5.74, 6) is 0.599. The predicted molar refractivity (Wildman–Crippen MR) is 83.2 cm³/mol. The maximum absolute atomic E-state index is 6.34. The van der Waals surface area contributed by atoms with E-state index in [-0.39, 0.29) is 11.6 Å². The lowest BCUT2D eigenvalue weighted by Crippen LogP contribution is -2.33. The van der Waals surface area contributed by atoms with Crippen LogP contribution >= 0.6 is 11.6 Å². The van der Waals surface area contributed by atoms with Crippen LogP contribution in [-0.2, 0) is 4.74 Å². The van der Waals surface area contributed by atoms with Gasteiger partial charge in [-0.05, 0) is 31.2 Å². The highest BCUT2D eigenvalue weighted by atomic mass is 35.5. The molecule has 2 atom stereocenters. The van der Waals surface area contributed by atoms with Gasteiger partial charge in [0.15, 0.2) is 0 Å². The minimum Gasteiger partial charge on any atom is -0.370 e. The number of hydrogen-bond acceptors (Lipinski definition) is 2. The Kier molecular flexibility index (Phi) is 4.65. The molecule has 110 valence electrons. The van der Waals surface area contributed by atoms with Gasteiger partial charge in [0.1, 0.15) is 0 Å². The van der Waals surface area contributed by atoms with Crippen LogP contribution < -0.4 is 5.32 Å². The van der Waals surface area contributed by atoms with Gasteiger partial charge in [0.2, 0.25) is 0 Å². The summed E-state index contributed by atoms with van der Waals surface area (Å²) in [5, 5.41) is 3.58. The number of benzene rings is 1. The summed E-state index contributed by atoms with van der Waals surface area (Å²) in [7, 11) is 0. The molecule has 1 aromatic rings. The molecule has 1 aromatic carbocycles. The summed E-state index contributed by atoms with van der Waals surface area (Å²) in [6, 6.07) is 10.7. The van der Waals surface area contributed by atoms with E-state index in [2.05, 4.69) is 29.6 Å². The second-order valence-electron chi connectivity index (χ2n) is 6.19. The van der Waals surface area contributed by atoms with Gasteiger partial charge in [-0.15, -0.1) is 11.6 Å². The van der Waals surface area contributed by atoms with Crippen LogP contribution in [0.15, 0.2) is 30.3 Å². The highest BCUT2D eigenvalue weighted by molar-refractivity contribution is 6.18. The molecule has 20 heavy (non-hydrogen) atoms. The third-order valence-corrected chi connectivity index (χ3v) is 5.11. The standard InChI is InChI=1S/C17H24ClNO/c18-12-16(14-6-2-1-3-7-14)19-13-15-8-11-17(20-15)9-4-5-10-17/h1-3,6-7,15-16,19H,4-5,8-13H2. The van der Waals surface area contributed by atoms with Gasteiger partial charge in [0.05, 0.1) is 11.7 Å². The Morgan fingerprint density at radius 2 is 1.95 bits per heavy atom. The fourth-order valence-electron chi connectivity index (χ4n) is 3.65. The molecule has 0 amide bonds. The third-order valence-electron chi connectivity index (χ3n) is 4.80. The first-order chi connectivity index (χ1) is 9.81. The van der Waals surface area contributed by atoms with Crippen molar-refractivity contribution in [2.24, 2.45) is 0 Å². The van der Waals surface area contributed by atoms with Crippen molar-refractivity contribution in [2.45, 2.75) is 56.3 Å². The largest absolute Gasteiger partial charge is 0.370 e. The van der Waals surface area contributed by atoms with Crippen LogP contribution in [0, 0.1) is 0 Å². The van der Waals surface area contributed by atoms with Gasteiger partial charge in [-0.25, -0.2) is 0 Å². The van der Waals surface area contributed by atoms with Crippen LogP contribution in [0.2, 0.25) is 0 Å². The fraction of sp³-hybridized carbons (Fsp3) is 0.647. The summed E-state index contributed by atoms with van der Waals surface area (Å²) in [5.41, 5.74) is 1.49. The molecule has 0 radical (unpaired) electrons. The van der Waals surface area contributed by atoms with Crippen molar-refractivity contribution in [3.63, 3.8) is 0 Å². The summed E-state index contributed by atoms with van der Waals surface area (Å²) in [6.45, 7) is 0.911. The lowest BCUT2D eigenvalue weighted by molar-refractivity contribution is -0.0357. The van der Waals surface area contributed by atoms with Crippen molar-refractivity contribution in [1.82, 2.24) is 5.32 Å². The van der Waals surface area contributed by atoms with Gasteiger partial charge in [-0.1, -0.05) is 43.2 Å². The average molecular weight is 294 g/mol. The Balaban J connectivity index is 1.51. The van der Waals surface area contributed by atoms with E-state index in [1.807, 2.05) is 6.07 Å². The summed E-state index contributed by atoms with van der Waals surface area (Å²) in [4.78, 5) is 0. The van der Waals surface area contributed by atoms with Crippen LogP contribution in [0.4, 0.5) is 0 Å². The van der Waals surface area contributed by atoms with E-state index >= 15 is 0 Å². The zero-order valence-corrected chi connectivity index (χ0v) is 12.7.